The molecule has 1 N–H and O–H groups in total. The molecule has 1 aromatic rings. The molecular weight excluding hydrogens is 234 g/mol. The number of rotatable bonds is 3. The van der Waals surface area contributed by atoms with Crippen molar-refractivity contribution in [2.24, 2.45) is 11.8 Å². The number of anilines is 1. The molecule has 17 heavy (non-hydrogen) atoms. The zero-order valence-corrected chi connectivity index (χ0v) is 10.7. The molecule has 90 valence electrons. The van der Waals surface area contributed by atoms with Gasteiger partial charge in [0.25, 0.3) is 0 Å². The van der Waals surface area contributed by atoms with Crippen LogP contribution in [0.15, 0.2) is 12.3 Å². The van der Waals surface area contributed by atoms with Crippen molar-refractivity contribution in [2.45, 2.75) is 26.2 Å². The summed E-state index contributed by atoms with van der Waals surface area (Å²) in [4.78, 5) is 4.17. The van der Waals surface area contributed by atoms with Crippen LogP contribution in [0.5, 0.6) is 0 Å². The molecule has 1 fully saturated rings. The van der Waals surface area contributed by atoms with Crippen molar-refractivity contribution in [1.82, 2.24) is 4.98 Å². The van der Waals surface area contributed by atoms with E-state index in [-0.39, 0.29) is 0 Å². The Morgan fingerprint density at radius 1 is 1.59 bits per heavy atom. The van der Waals surface area contributed by atoms with E-state index in [1.54, 1.807) is 12.3 Å². The normalized spacial score (nSPS) is 23.4. The third-order valence-corrected chi connectivity index (χ3v) is 3.75. The monoisotopic (exact) mass is 249 g/mol. The number of halogens is 1. The van der Waals surface area contributed by atoms with Crippen molar-refractivity contribution in [1.29, 1.82) is 5.26 Å². The number of pyridine rings is 1. The molecule has 2 unspecified atom stereocenters. The lowest BCUT2D eigenvalue weighted by atomic mass is 10.1. The van der Waals surface area contributed by atoms with Gasteiger partial charge in [-0.1, -0.05) is 24.9 Å². The second-order valence-corrected chi connectivity index (χ2v) is 5.18. The molecular formula is C13H16ClN3. The second-order valence-electron chi connectivity index (χ2n) is 4.80. The predicted molar refractivity (Wildman–Crippen MR) is 69.0 cm³/mol. The Kier molecular flexibility index (Phi) is 3.86. The molecule has 3 nitrogen and oxygen atoms in total. The number of nitriles is 1. The first-order chi connectivity index (χ1) is 8.20. The van der Waals surface area contributed by atoms with Crippen LogP contribution in [0.25, 0.3) is 0 Å². The Hall–Kier alpha value is -1.27. The van der Waals surface area contributed by atoms with Crippen molar-refractivity contribution in [2.75, 3.05) is 11.9 Å². The van der Waals surface area contributed by atoms with Crippen LogP contribution >= 0.6 is 11.6 Å². The highest BCUT2D eigenvalue weighted by atomic mass is 35.5. The summed E-state index contributed by atoms with van der Waals surface area (Å²) in [6.45, 7) is 3.19. The van der Waals surface area contributed by atoms with Crippen LogP contribution in [0.2, 0.25) is 5.02 Å². The SMILES string of the molecule is CC1CCC(CNc2nccc(C#N)c2Cl)C1. The van der Waals surface area contributed by atoms with E-state index in [0.29, 0.717) is 22.3 Å². The largest absolute Gasteiger partial charge is 0.369 e. The maximum atomic E-state index is 8.87. The highest BCUT2D eigenvalue weighted by Gasteiger charge is 2.21. The Morgan fingerprint density at radius 2 is 2.41 bits per heavy atom. The van der Waals surface area contributed by atoms with Gasteiger partial charge in [0.2, 0.25) is 0 Å². The molecule has 1 aliphatic rings. The fraction of sp³-hybridized carbons (Fsp3) is 0.538. The van der Waals surface area contributed by atoms with Crippen LogP contribution in [0.3, 0.4) is 0 Å². The number of nitrogens with zero attached hydrogens (tertiary/aromatic N) is 2. The van der Waals surface area contributed by atoms with E-state index in [0.717, 1.165) is 12.5 Å². The Morgan fingerprint density at radius 3 is 3.06 bits per heavy atom. The fourth-order valence-electron chi connectivity index (χ4n) is 2.40. The molecule has 4 heteroatoms. The molecule has 0 amide bonds. The summed E-state index contributed by atoms with van der Waals surface area (Å²) in [6, 6.07) is 3.69. The topological polar surface area (TPSA) is 48.7 Å². The summed E-state index contributed by atoms with van der Waals surface area (Å²) in [5.41, 5.74) is 0.476. The average Bonchev–Trinajstić information content (AvgIpc) is 2.74. The molecule has 0 spiro atoms. The summed E-state index contributed by atoms with van der Waals surface area (Å²) < 4.78 is 0. The number of hydrogen-bond acceptors (Lipinski definition) is 3. The first-order valence-corrected chi connectivity index (χ1v) is 6.37. The third-order valence-electron chi connectivity index (χ3n) is 3.37. The number of hydrogen-bond donors (Lipinski definition) is 1. The maximum absolute atomic E-state index is 8.87. The summed E-state index contributed by atoms with van der Waals surface area (Å²) in [6.07, 6.45) is 5.46. The highest BCUT2D eigenvalue weighted by molar-refractivity contribution is 6.34. The van der Waals surface area contributed by atoms with Gasteiger partial charge in [-0.15, -0.1) is 0 Å². The zero-order chi connectivity index (χ0) is 12.3. The standard InChI is InChI=1S/C13H16ClN3/c1-9-2-3-10(6-9)8-17-13-12(14)11(7-15)4-5-16-13/h4-5,9-10H,2-3,6,8H2,1H3,(H,16,17). The molecule has 0 bridgehead atoms. The lowest BCUT2D eigenvalue weighted by molar-refractivity contribution is 0.536. The molecule has 1 saturated carbocycles. The van der Waals surface area contributed by atoms with E-state index in [1.165, 1.54) is 19.3 Å². The van der Waals surface area contributed by atoms with Gasteiger partial charge < -0.3 is 5.32 Å². The smallest absolute Gasteiger partial charge is 0.146 e. The van der Waals surface area contributed by atoms with Gasteiger partial charge in [0, 0.05) is 12.7 Å². The Bertz CT molecular complexity index is 439. The van der Waals surface area contributed by atoms with E-state index in [1.807, 2.05) is 0 Å². The number of aromatic nitrogens is 1. The molecule has 2 atom stereocenters. The van der Waals surface area contributed by atoms with Crippen LogP contribution in [0, 0.1) is 23.2 Å². The first-order valence-electron chi connectivity index (χ1n) is 5.99. The van der Waals surface area contributed by atoms with Gasteiger partial charge >= 0.3 is 0 Å². The van der Waals surface area contributed by atoms with Crippen molar-refractivity contribution in [3.63, 3.8) is 0 Å². The molecule has 1 heterocycles. The quantitative estimate of drug-likeness (QED) is 0.893. The van der Waals surface area contributed by atoms with Crippen molar-refractivity contribution < 1.29 is 0 Å². The van der Waals surface area contributed by atoms with E-state index >= 15 is 0 Å². The van der Waals surface area contributed by atoms with Crippen LogP contribution in [0.4, 0.5) is 5.82 Å². The number of nitrogens with one attached hydrogen (secondary N) is 1. The molecule has 0 radical (unpaired) electrons. The molecule has 0 saturated heterocycles. The zero-order valence-electron chi connectivity index (χ0n) is 9.91. The van der Waals surface area contributed by atoms with Crippen molar-refractivity contribution in [3.05, 3.63) is 22.8 Å². The van der Waals surface area contributed by atoms with Gasteiger partial charge in [0.15, 0.2) is 0 Å². The molecule has 1 aromatic heterocycles. The molecule has 0 aliphatic heterocycles. The lowest BCUT2D eigenvalue weighted by Crippen LogP contribution is -2.12. The minimum Gasteiger partial charge on any atom is -0.369 e. The minimum absolute atomic E-state index is 0.432. The van der Waals surface area contributed by atoms with Gasteiger partial charge in [-0.2, -0.15) is 5.26 Å². The van der Waals surface area contributed by atoms with Gasteiger partial charge in [0.1, 0.15) is 16.9 Å². The summed E-state index contributed by atoms with van der Waals surface area (Å²) >= 11 is 6.08. The van der Waals surface area contributed by atoms with Crippen LogP contribution in [-0.2, 0) is 0 Å². The van der Waals surface area contributed by atoms with Crippen molar-refractivity contribution >= 4 is 17.4 Å². The van der Waals surface area contributed by atoms with Crippen LogP contribution in [-0.4, -0.2) is 11.5 Å². The maximum Gasteiger partial charge on any atom is 0.146 e. The van der Waals surface area contributed by atoms with Crippen LogP contribution in [0.1, 0.15) is 31.7 Å². The third kappa shape index (κ3) is 2.89. The second kappa shape index (κ2) is 5.37. The van der Waals surface area contributed by atoms with Gasteiger partial charge in [-0.05, 0) is 30.7 Å². The predicted octanol–water partition coefficient (Wildman–Crippen LogP) is 3.45. The Balaban J connectivity index is 1.98. The molecule has 1 aliphatic carbocycles. The fourth-order valence-corrected chi connectivity index (χ4v) is 2.63. The summed E-state index contributed by atoms with van der Waals surface area (Å²) in [5.74, 6) is 2.16. The summed E-state index contributed by atoms with van der Waals surface area (Å²) in [5, 5.41) is 12.6. The summed E-state index contributed by atoms with van der Waals surface area (Å²) in [7, 11) is 0. The minimum atomic E-state index is 0.432. The van der Waals surface area contributed by atoms with E-state index in [2.05, 4.69) is 23.3 Å². The van der Waals surface area contributed by atoms with Gasteiger partial charge in [-0.25, -0.2) is 4.98 Å². The van der Waals surface area contributed by atoms with Crippen molar-refractivity contribution in [3.8, 4) is 6.07 Å². The van der Waals surface area contributed by atoms with Gasteiger partial charge in [0.05, 0.1) is 5.56 Å². The van der Waals surface area contributed by atoms with E-state index in [4.69, 9.17) is 16.9 Å². The van der Waals surface area contributed by atoms with E-state index in [9.17, 15) is 0 Å². The lowest BCUT2D eigenvalue weighted by Gasteiger charge is -2.12. The highest BCUT2D eigenvalue weighted by Crippen LogP contribution is 2.31. The van der Waals surface area contributed by atoms with E-state index < -0.39 is 0 Å². The first kappa shape index (κ1) is 12.2. The Labute approximate surface area is 107 Å². The molecule has 0 aromatic carbocycles. The van der Waals surface area contributed by atoms with Crippen LogP contribution < -0.4 is 5.32 Å². The average molecular weight is 250 g/mol. The van der Waals surface area contributed by atoms with Gasteiger partial charge in [-0.3, -0.25) is 0 Å². The molecule has 2 rings (SSSR count).